The highest BCUT2D eigenvalue weighted by molar-refractivity contribution is 6.32. The second-order valence-corrected chi connectivity index (χ2v) is 5.79. The third-order valence-electron chi connectivity index (χ3n) is 3.63. The number of amides is 1. The van der Waals surface area contributed by atoms with E-state index in [0.717, 1.165) is 22.3 Å². The van der Waals surface area contributed by atoms with Crippen LogP contribution in [-0.2, 0) is 17.8 Å². The molecule has 0 aliphatic rings. The van der Waals surface area contributed by atoms with E-state index in [0.29, 0.717) is 36.8 Å². The van der Waals surface area contributed by atoms with Gasteiger partial charge in [-0.25, -0.2) is 0 Å². The molecule has 0 saturated heterocycles. The van der Waals surface area contributed by atoms with E-state index in [-0.39, 0.29) is 5.91 Å². The fraction of sp³-hybridized carbons (Fsp3) is 0.294. The molecule has 1 aromatic carbocycles. The van der Waals surface area contributed by atoms with Crippen LogP contribution in [0.1, 0.15) is 24.7 Å². The lowest BCUT2D eigenvalue weighted by Gasteiger charge is -2.07. The third-order valence-corrected chi connectivity index (χ3v) is 3.93. The molecule has 1 amide bonds. The highest BCUT2D eigenvalue weighted by Gasteiger charge is 2.09. The molecule has 24 heavy (non-hydrogen) atoms. The Hall–Kier alpha value is -2.47. The Balaban J connectivity index is 1.67. The molecule has 7 heteroatoms. The van der Waals surface area contributed by atoms with Crippen molar-refractivity contribution in [2.45, 2.75) is 26.3 Å². The van der Waals surface area contributed by atoms with Gasteiger partial charge in [0.05, 0.1) is 23.9 Å². The molecule has 6 nitrogen and oxygen atoms in total. The summed E-state index contributed by atoms with van der Waals surface area (Å²) in [5, 5.41) is 8.20. The maximum absolute atomic E-state index is 11.3. The van der Waals surface area contributed by atoms with Crippen LogP contribution in [0.4, 0.5) is 0 Å². The fourth-order valence-electron chi connectivity index (χ4n) is 2.35. The quantitative estimate of drug-likeness (QED) is 0.686. The van der Waals surface area contributed by atoms with Crippen LogP contribution in [0.2, 0.25) is 5.02 Å². The predicted octanol–water partition coefficient (Wildman–Crippen LogP) is 3.46. The van der Waals surface area contributed by atoms with Gasteiger partial charge in [-0.2, -0.15) is 0 Å². The minimum Gasteiger partial charge on any atom is -0.492 e. The molecule has 0 aliphatic heterocycles. The second-order valence-electron chi connectivity index (χ2n) is 5.38. The number of halogens is 1. The lowest BCUT2D eigenvalue weighted by atomic mass is 10.2. The number of aromatic nitrogens is 2. The molecule has 3 aromatic rings. The molecule has 3 rings (SSSR count). The lowest BCUT2D eigenvalue weighted by molar-refractivity contribution is -0.120. The number of hydrogen-bond donors (Lipinski definition) is 2. The SMILES string of the molecule is CCC(=O)NCc1cc2cc(Cl)c(OCCc3ccon3)cc2[nH]1. The van der Waals surface area contributed by atoms with E-state index in [1.165, 1.54) is 6.26 Å². The van der Waals surface area contributed by atoms with E-state index in [4.69, 9.17) is 20.9 Å². The van der Waals surface area contributed by atoms with Crippen LogP contribution < -0.4 is 10.1 Å². The molecular formula is C17H18ClN3O3. The maximum atomic E-state index is 11.3. The molecule has 0 saturated carbocycles. The first-order chi connectivity index (χ1) is 11.7. The van der Waals surface area contributed by atoms with Crippen molar-refractivity contribution in [3.05, 3.63) is 46.9 Å². The molecule has 2 heterocycles. The predicted molar refractivity (Wildman–Crippen MR) is 91.1 cm³/mol. The monoisotopic (exact) mass is 347 g/mol. The van der Waals surface area contributed by atoms with E-state index in [1.54, 1.807) is 6.07 Å². The number of rotatable bonds is 7. The summed E-state index contributed by atoms with van der Waals surface area (Å²) in [5.41, 5.74) is 2.67. The van der Waals surface area contributed by atoms with E-state index in [2.05, 4.69) is 15.5 Å². The summed E-state index contributed by atoms with van der Waals surface area (Å²) in [6, 6.07) is 7.49. The van der Waals surface area contributed by atoms with Crippen LogP contribution in [0.5, 0.6) is 5.75 Å². The van der Waals surface area contributed by atoms with Crippen molar-refractivity contribution in [2.75, 3.05) is 6.61 Å². The average molecular weight is 348 g/mol. The molecule has 0 bridgehead atoms. The van der Waals surface area contributed by atoms with Gasteiger partial charge in [0.25, 0.3) is 0 Å². The summed E-state index contributed by atoms with van der Waals surface area (Å²) >= 11 is 6.28. The van der Waals surface area contributed by atoms with Crippen LogP contribution in [-0.4, -0.2) is 22.7 Å². The van der Waals surface area contributed by atoms with Crippen molar-refractivity contribution < 1.29 is 14.1 Å². The van der Waals surface area contributed by atoms with Crippen LogP contribution in [0.3, 0.4) is 0 Å². The molecule has 0 radical (unpaired) electrons. The molecular weight excluding hydrogens is 330 g/mol. The first kappa shape index (κ1) is 16.4. The summed E-state index contributed by atoms with van der Waals surface area (Å²) in [4.78, 5) is 14.6. The van der Waals surface area contributed by atoms with Crippen molar-refractivity contribution in [3.63, 3.8) is 0 Å². The third kappa shape index (κ3) is 3.89. The Kier molecular flexibility index (Phi) is 5.05. The zero-order valence-corrected chi connectivity index (χ0v) is 14.0. The van der Waals surface area contributed by atoms with Gasteiger partial charge >= 0.3 is 0 Å². The number of carbonyl (C=O) groups is 1. The number of carbonyl (C=O) groups excluding carboxylic acids is 1. The Bertz CT molecular complexity index is 827. The van der Waals surface area contributed by atoms with Crippen LogP contribution in [0.25, 0.3) is 10.9 Å². The molecule has 0 atom stereocenters. The minimum absolute atomic E-state index is 0.0172. The van der Waals surface area contributed by atoms with Crippen molar-refractivity contribution in [1.29, 1.82) is 0 Å². The van der Waals surface area contributed by atoms with Gasteiger partial charge in [0.1, 0.15) is 12.0 Å². The summed E-state index contributed by atoms with van der Waals surface area (Å²) in [5.74, 6) is 0.627. The number of benzene rings is 1. The Labute approximate surface area is 144 Å². The van der Waals surface area contributed by atoms with Gasteiger partial charge in [0.2, 0.25) is 5.91 Å². The molecule has 0 spiro atoms. The summed E-state index contributed by atoms with van der Waals surface area (Å²) in [6.45, 7) is 2.74. The first-order valence-corrected chi connectivity index (χ1v) is 8.13. The van der Waals surface area contributed by atoms with Gasteiger partial charge in [0.15, 0.2) is 0 Å². The molecule has 2 N–H and O–H groups in total. The topological polar surface area (TPSA) is 80.2 Å². The Morgan fingerprint density at radius 3 is 3.04 bits per heavy atom. The van der Waals surface area contributed by atoms with Crippen LogP contribution >= 0.6 is 11.6 Å². The molecule has 0 unspecified atom stereocenters. The van der Waals surface area contributed by atoms with E-state index < -0.39 is 0 Å². The number of nitrogens with zero attached hydrogens (tertiary/aromatic N) is 1. The highest BCUT2D eigenvalue weighted by Crippen LogP contribution is 2.30. The zero-order chi connectivity index (χ0) is 16.9. The lowest BCUT2D eigenvalue weighted by Crippen LogP contribution is -2.21. The maximum Gasteiger partial charge on any atom is 0.220 e. The van der Waals surface area contributed by atoms with E-state index in [1.807, 2.05) is 25.1 Å². The summed E-state index contributed by atoms with van der Waals surface area (Å²) in [6.07, 6.45) is 2.64. The van der Waals surface area contributed by atoms with Gasteiger partial charge in [0, 0.05) is 41.6 Å². The Morgan fingerprint density at radius 2 is 2.29 bits per heavy atom. The Morgan fingerprint density at radius 1 is 1.42 bits per heavy atom. The second kappa shape index (κ2) is 7.40. The number of aromatic amines is 1. The summed E-state index contributed by atoms with van der Waals surface area (Å²) in [7, 11) is 0. The number of nitrogens with one attached hydrogen (secondary N) is 2. The normalized spacial score (nSPS) is 10.9. The van der Waals surface area contributed by atoms with Gasteiger partial charge in [-0.05, 0) is 12.1 Å². The first-order valence-electron chi connectivity index (χ1n) is 7.75. The molecule has 0 aliphatic carbocycles. The molecule has 2 aromatic heterocycles. The number of fused-ring (bicyclic) bond motifs is 1. The van der Waals surface area contributed by atoms with Gasteiger partial charge in [-0.1, -0.05) is 23.7 Å². The van der Waals surface area contributed by atoms with Gasteiger partial charge in [-0.3, -0.25) is 4.79 Å². The number of hydrogen-bond acceptors (Lipinski definition) is 4. The van der Waals surface area contributed by atoms with Gasteiger partial charge < -0.3 is 19.6 Å². The standard InChI is InChI=1S/C17H18ClN3O3/c1-2-17(22)19-10-13-7-11-8-14(18)16(9-15(11)20-13)23-5-3-12-4-6-24-21-12/h4,6-9,20H,2-3,5,10H2,1H3,(H,19,22). The van der Waals surface area contributed by atoms with Crippen molar-refractivity contribution >= 4 is 28.4 Å². The summed E-state index contributed by atoms with van der Waals surface area (Å²) < 4.78 is 10.5. The van der Waals surface area contributed by atoms with Gasteiger partial charge in [-0.15, -0.1) is 0 Å². The largest absolute Gasteiger partial charge is 0.492 e. The average Bonchev–Trinajstić information content (AvgIpc) is 3.22. The molecule has 126 valence electrons. The number of H-pyrrole nitrogens is 1. The van der Waals surface area contributed by atoms with Crippen molar-refractivity contribution in [2.24, 2.45) is 0 Å². The van der Waals surface area contributed by atoms with Crippen LogP contribution in [0, 0.1) is 0 Å². The smallest absolute Gasteiger partial charge is 0.220 e. The number of ether oxygens (including phenoxy) is 1. The van der Waals surface area contributed by atoms with E-state index >= 15 is 0 Å². The van der Waals surface area contributed by atoms with Crippen molar-refractivity contribution in [3.8, 4) is 5.75 Å². The zero-order valence-electron chi connectivity index (χ0n) is 13.3. The van der Waals surface area contributed by atoms with Crippen molar-refractivity contribution in [1.82, 2.24) is 15.5 Å². The van der Waals surface area contributed by atoms with Crippen LogP contribution in [0.15, 0.2) is 35.1 Å². The fourth-order valence-corrected chi connectivity index (χ4v) is 2.58. The highest BCUT2D eigenvalue weighted by atomic mass is 35.5. The minimum atomic E-state index is 0.0172. The molecule has 0 fully saturated rings. The van der Waals surface area contributed by atoms with E-state index in [9.17, 15) is 4.79 Å².